The van der Waals surface area contributed by atoms with Crippen molar-refractivity contribution in [3.8, 4) is 0 Å². The Morgan fingerprint density at radius 3 is 2.70 bits per heavy atom. The van der Waals surface area contributed by atoms with Gasteiger partial charge in [-0.25, -0.2) is 4.79 Å². The Labute approximate surface area is 121 Å². The number of nitrogens with zero attached hydrogens (tertiary/aromatic N) is 2. The third-order valence-electron chi connectivity index (χ3n) is 3.80. The van der Waals surface area contributed by atoms with Crippen molar-refractivity contribution in [2.45, 2.75) is 51.1 Å². The number of amides is 2. The molecule has 2 amide bonds. The largest absolute Gasteiger partial charge is 0.481 e. The minimum absolute atomic E-state index is 0.00940. The summed E-state index contributed by atoms with van der Waals surface area (Å²) in [6.07, 6.45) is 3.64. The van der Waals surface area contributed by atoms with Crippen LogP contribution in [0.2, 0.25) is 0 Å². The third-order valence-corrected chi connectivity index (χ3v) is 3.80. The molecule has 2 unspecified atom stereocenters. The van der Waals surface area contributed by atoms with E-state index < -0.39 is 5.97 Å². The average molecular weight is 285 g/mol. The number of likely N-dealkylation sites (tertiary alicyclic amines) is 1. The van der Waals surface area contributed by atoms with Gasteiger partial charge in [0.15, 0.2) is 0 Å². The van der Waals surface area contributed by atoms with E-state index in [1.807, 2.05) is 21.0 Å². The Morgan fingerprint density at radius 2 is 2.15 bits per heavy atom. The summed E-state index contributed by atoms with van der Waals surface area (Å²) in [5, 5.41) is 11.7. The first kappa shape index (κ1) is 16.8. The number of hydrogen-bond acceptors (Lipinski definition) is 3. The Hall–Kier alpha value is -1.30. The van der Waals surface area contributed by atoms with E-state index in [0.29, 0.717) is 19.0 Å². The molecule has 6 heteroatoms. The summed E-state index contributed by atoms with van der Waals surface area (Å²) in [7, 11) is 4.05. The van der Waals surface area contributed by atoms with Crippen molar-refractivity contribution in [3.05, 3.63) is 0 Å². The minimum Gasteiger partial charge on any atom is -0.481 e. The lowest BCUT2D eigenvalue weighted by Crippen LogP contribution is -2.52. The van der Waals surface area contributed by atoms with Crippen LogP contribution in [0.4, 0.5) is 4.79 Å². The molecule has 0 aromatic heterocycles. The fourth-order valence-corrected chi connectivity index (χ4v) is 2.61. The molecule has 6 nitrogen and oxygen atoms in total. The molecule has 1 aliphatic rings. The van der Waals surface area contributed by atoms with Gasteiger partial charge in [0.1, 0.15) is 0 Å². The van der Waals surface area contributed by atoms with Crippen molar-refractivity contribution in [2.75, 3.05) is 27.2 Å². The lowest BCUT2D eigenvalue weighted by atomic mass is 10.1. The molecule has 0 bridgehead atoms. The van der Waals surface area contributed by atoms with Gasteiger partial charge in [-0.1, -0.05) is 13.3 Å². The maximum Gasteiger partial charge on any atom is 0.317 e. The van der Waals surface area contributed by atoms with Gasteiger partial charge in [-0.05, 0) is 33.4 Å². The van der Waals surface area contributed by atoms with E-state index in [4.69, 9.17) is 5.11 Å². The number of urea groups is 1. The minimum atomic E-state index is -0.867. The number of carboxylic acid groups (broad SMARTS) is 1. The highest BCUT2D eigenvalue weighted by Crippen LogP contribution is 2.14. The number of piperidine rings is 1. The predicted octanol–water partition coefficient (Wildman–Crippen LogP) is 1.37. The molecule has 2 atom stereocenters. The quantitative estimate of drug-likeness (QED) is 0.773. The summed E-state index contributed by atoms with van der Waals surface area (Å²) in [5.41, 5.74) is 0. The topological polar surface area (TPSA) is 72.9 Å². The molecule has 0 aliphatic carbocycles. The van der Waals surface area contributed by atoms with Crippen molar-refractivity contribution in [2.24, 2.45) is 0 Å². The number of hydrogen-bond donors (Lipinski definition) is 2. The molecule has 116 valence electrons. The zero-order valence-electron chi connectivity index (χ0n) is 12.8. The number of aliphatic carboxylic acids is 1. The SMILES string of the molecule is CCCC(CC(=O)O)NC(=O)N1CCCC(N(C)C)C1. The van der Waals surface area contributed by atoms with Crippen LogP contribution < -0.4 is 5.32 Å². The molecule has 1 heterocycles. The first-order chi connectivity index (χ1) is 9.43. The van der Waals surface area contributed by atoms with Crippen LogP contribution in [0.3, 0.4) is 0 Å². The molecule has 1 fully saturated rings. The van der Waals surface area contributed by atoms with Crippen LogP contribution in [0.25, 0.3) is 0 Å². The Kier molecular flexibility index (Phi) is 6.78. The second-order valence-corrected chi connectivity index (χ2v) is 5.74. The second kappa shape index (κ2) is 8.09. The van der Waals surface area contributed by atoms with Crippen molar-refractivity contribution < 1.29 is 14.7 Å². The highest BCUT2D eigenvalue weighted by atomic mass is 16.4. The van der Waals surface area contributed by atoms with E-state index in [2.05, 4.69) is 10.2 Å². The summed E-state index contributed by atoms with van der Waals surface area (Å²) < 4.78 is 0. The van der Waals surface area contributed by atoms with Gasteiger partial charge in [0.25, 0.3) is 0 Å². The number of rotatable bonds is 6. The van der Waals surface area contributed by atoms with Crippen molar-refractivity contribution >= 4 is 12.0 Å². The number of carbonyl (C=O) groups excluding carboxylic acids is 1. The lowest BCUT2D eigenvalue weighted by Gasteiger charge is -2.36. The molecule has 20 heavy (non-hydrogen) atoms. The molecule has 0 spiro atoms. The van der Waals surface area contributed by atoms with Crippen LogP contribution in [0, 0.1) is 0 Å². The lowest BCUT2D eigenvalue weighted by molar-refractivity contribution is -0.137. The Bertz CT molecular complexity index is 334. The first-order valence-corrected chi connectivity index (χ1v) is 7.37. The molecule has 0 saturated carbocycles. The van der Waals surface area contributed by atoms with Gasteiger partial charge in [-0.3, -0.25) is 4.79 Å². The molecular weight excluding hydrogens is 258 g/mol. The number of carbonyl (C=O) groups is 2. The molecule has 1 rings (SSSR count). The number of nitrogens with one attached hydrogen (secondary N) is 1. The summed E-state index contributed by atoms with van der Waals surface area (Å²) >= 11 is 0. The molecule has 2 N–H and O–H groups in total. The van der Waals surface area contributed by atoms with Crippen LogP contribution in [0.5, 0.6) is 0 Å². The Morgan fingerprint density at radius 1 is 1.45 bits per heavy atom. The van der Waals surface area contributed by atoms with Gasteiger partial charge in [0.05, 0.1) is 6.42 Å². The highest BCUT2D eigenvalue weighted by molar-refractivity contribution is 5.76. The fraction of sp³-hybridized carbons (Fsp3) is 0.857. The Balaban J connectivity index is 2.52. The van der Waals surface area contributed by atoms with Crippen molar-refractivity contribution in [1.29, 1.82) is 0 Å². The molecule has 0 radical (unpaired) electrons. The van der Waals surface area contributed by atoms with Gasteiger partial charge in [-0.15, -0.1) is 0 Å². The normalized spacial score (nSPS) is 20.8. The zero-order chi connectivity index (χ0) is 15.1. The van der Waals surface area contributed by atoms with Crippen LogP contribution >= 0.6 is 0 Å². The molecular formula is C14H27N3O3. The monoisotopic (exact) mass is 285 g/mol. The van der Waals surface area contributed by atoms with E-state index in [0.717, 1.165) is 25.8 Å². The van der Waals surface area contributed by atoms with Gasteiger partial charge in [-0.2, -0.15) is 0 Å². The standard InChI is InChI=1S/C14H27N3O3/c1-4-6-11(9-13(18)19)15-14(20)17-8-5-7-12(10-17)16(2)3/h11-12H,4-10H2,1-3H3,(H,15,20)(H,18,19). The van der Waals surface area contributed by atoms with E-state index in [1.54, 1.807) is 4.90 Å². The van der Waals surface area contributed by atoms with Crippen LogP contribution in [-0.2, 0) is 4.79 Å². The van der Waals surface area contributed by atoms with Crippen LogP contribution in [0.1, 0.15) is 39.0 Å². The summed E-state index contributed by atoms with van der Waals surface area (Å²) in [6, 6.07) is -0.0143. The summed E-state index contributed by atoms with van der Waals surface area (Å²) in [5.74, 6) is -0.867. The number of likely N-dealkylation sites (N-methyl/N-ethyl adjacent to an activating group) is 1. The zero-order valence-corrected chi connectivity index (χ0v) is 12.8. The van der Waals surface area contributed by atoms with E-state index in [9.17, 15) is 9.59 Å². The predicted molar refractivity (Wildman–Crippen MR) is 77.8 cm³/mol. The molecule has 0 aromatic rings. The third kappa shape index (κ3) is 5.36. The van der Waals surface area contributed by atoms with Crippen molar-refractivity contribution in [1.82, 2.24) is 15.1 Å². The van der Waals surface area contributed by atoms with Gasteiger partial charge >= 0.3 is 12.0 Å². The van der Waals surface area contributed by atoms with E-state index >= 15 is 0 Å². The summed E-state index contributed by atoms with van der Waals surface area (Å²) in [6.45, 7) is 3.46. The summed E-state index contributed by atoms with van der Waals surface area (Å²) in [4.78, 5) is 27.0. The molecule has 1 aliphatic heterocycles. The molecule has 1 saturated heterocycles. The maximum absolute atomic E-state index is 12.2. The second-order valence-electron chi connectivity index (χ2n) is 5.74. The molecule has 0 aromatic carbocycles. The number of carboxylic acids is 1. The highest BCUT2D eigenvalue weighted by Gasteiger charge is 2.26. The fourth-order valence-electron chi connectivity index (χ4n) is 2.61. The smallest absolute Gasteiger partial charge is 0.317 e. The van der Waals surface area contributed by atoms with Crippen LogP contribution in [0.15, 0.2) is 0 Å². The van der Waals surface area contributed by atoms with Crippen LogP contribution in [-0.4, -0.2) is 66.2 Å². The van der Waals surface area contributed by atoms with Crippen molar-refractivity contribution in [3.63, 3.8) is 0 Å². The van der Waals surface area contributed by atoms with Gasteiger partial charge < -0.3 is 20.2 Å². The maximum atomic E-state index is 12.2. The first-order valence-electron chi connectivity index (χ1n) is 7.37. The van der Waals surface area contributed by atoms with E-state index in [1.165, 1.54) is 0 Å². The van der Waals surface area contributed by atoms with Gasteiger partial charge in [0.2, 0.25) is 0 Å². The van der Waals surface area contributed by atoms with E-state index in [-0.39, 0.29) is 18.5 Å². The average Bonchev–Trinajstić information content (AvgIpc) is 2.38. The van der Waals surface area contributed by atoms with Gasteiger partial charge in [0, 0.05) is 25.2 Å².